The van der Waals surface area contributed by atoms with Crippen LogP contribution in [0.2, 0.25) is 0 Å². The number of rotatable bonds is 4. The molecule has 6 nitrogen and oxygen atoms in total. The molecule has 0 aliphatic rings. The van der Waals surface area contributed by atoms with Crippen molar-refractivity contribution in [2.45, 2.75) is 6.54 Å². The zero-order valence-corrected chi connectivity index (χ0v) is 14.4. The number of hydrogen-bond donors (Lipinski definition) is 2. The summed E-state index contributed by atoms with van der Waals surface area (Å²) in [4.78, 5) is 0. The van der Waals surface area contributed by atoms with E-state index in [0.29, 0.717) is 12.1 Å². The zero-order valence-electron chi connectivity index (χ0n) is 14.4. The van der Waals surface area contributed by atoms with E-state index in [1.165, 1.54) is 0 Å². The summed E-state index contributed by atoms with van der Waals surface area (Å²) in [6.07, 6.45) is 0. The molecule has 0 unspecified atom stereocenters. The number of fused-ring (bicyclic) bond motifs is 3. The van der Waals surface area contributed by atoms with Gasteiger partial charge in [-0.2, -0.15) is 10.8 Å². The van der Waals surface area contributed by atoms with Crippen molar-refractivity contribution in [2.24, 2.45) is 16.1 Å². The van der Waals surface area contributed by atoms with Gasteiger partial charge < -0.3 is 10.3 Å². The number of hydrogen-bond acceptors (Lipinski definition) is 3. The van der Waals surface area contributed by atoms with Crippen LogP contribution in [0.4, 0.5) is 0 Å². The summed E-state index contributed by atoms with van der Waals surface area (Å²) in [6, 6.07) is 23.9. The molecule has 27 heavy (non-hydrogen) atoms. The van der Waals surface area contributed by atoms with E-state index >= 15 is 0 Å². The molecule has 4 rings (SSSR count). The van der Waals surface area contributed by atoms with E-state index in [2.05, 4.69) is 33.1 Å². The largest absolute Gasteiger partial charge is 0.382 e. The Bertz CT molecular complexity index is 1230. The van der Waals surface area contributed by atoms with Gasteiger partial charge in [0.1, 0.15) is 0 Å². The van der Waals surface area contributed by atoms with Gasteiger partial charge in [0.25, 0.3) is 0 Å². The second-order valence-corrected chi connectivity index (χ2v) is 6.23. The van der Waals surface area contributed by atoms with Crippen molar-refractivity contribution in [1.82, 2.24) is 4.57 Å². The molecule has 4 aromatic rings. The maximum absolute atomic E-state index is 8.98. The van der Waals surface area contributed by atoms with E-state index in [-0.39, 0.29) is 5.84 Å². The van der Waals surface area contributed by atoms with Gasteiger partial charge in [-0.1, -0.05) is 35.6 Å². The summed E-state index contributed by atoms with van der Waals surface area (Å²) in [5, 5.41) is 17.8. The molecule has 0 aliphatic carbocycles. The minimum atomic E-state index is 0.218. The van der Waals surface area contributed by atoms with E-state index in [1.54, 1.807) is 0 Å². The standard InChI is InChI=1S/C21H16N6/c22-12-14-5-7-15(8-6-14)13-27-19-4-2-1-3-17(19)18-11-16(9-10-20(18)27)21(23)25-26-24/h1-11H,13H2,(H3,23,24,25). The maximum atomic E-state index is 8.98. The number of nitrogens with one attached hydrogen (secondary N) is 1. The zero-order chi connectivity index (χ0) is 18.8. The molecule has 0 aliphatic heterocycles. The molecule has 0 spiro atoms. The molecule has 0 bridgehead atoms. The van der Waals surface area contributed by atoms with Gasteiger partial charge in [0.2, 0.25) is 0 Å². The lowest BCUT2D eigenvalue weighted by Gasteiger charge is -2.08. The number of benzene rings is 3. The first-order valence-corrected chi connectivity index (χ1v) is 8.41. The number of nitrogens with two attached hydrogens (primary N) is 1. The van der Waals surface area contributed by atoms with Crippen LogP contribution in [0, 0.1) is 16.9 Å². The van der Waals surface area contributed by atoms with Gasteiger partial charge in [-0.3, -0.25) is 0 Å². The molecular formula is C21H16N6. The Morgan fingerprint density at radius 1 is 1.00 bits per heavy atom. The van der Waals surface area contributed by atoms with E-state index in [0.717, 1.165) is 32.9 Å². The van der Waals surface area contributed by atoms with Gasteiger partial charge in [-0.15, -0.1) is 5.10 Å². The molecule has 0 amide bonds. The highest BCUT2D eigenvalue weighted by molar-refractivity contribution is 6.11. The molecule has 0 saturated heterocycles. The number of nitriles is 1. The van der Waals surface area contributed by atoms with Crippen LogP contribution in [-0.2, 0) is 6.54 Å². The predicted molar refractivity (Wildman–Crippen MR) is 106 cm³/mol. The second kappa shape index (κ2) is 6.73. The van der Waals surface area contributed by atoms with Gasteiger partial charge in [-0.25, -0.2) is 0 Å². The van der Waals surface area contributed by atoms with E-state index in [9.17, 15) is 0 Å². The monoisotopic (exact) mass is 352 g/mol. The van der Waals surface area contributed by atoms with Crippen LogP contribution in [0.25, 0.3) is 21.8 Å². The van der Waals surface area contributed by atoms with Crippen molar-refractivity contribution in [3.05, 3.63) is 83.4 Å². The van der Waals surface area contributed by atoms with Gasteiger partial charge in [0.05, 0.1) is 11.6 Å². The highest BCUT2D eigenvalue weighted by atomic mass is 15.3. The Labute approximate surface area is 155 Å². The van der Waals surface area contributed by atoms with E-state index in [4.69, 9.17) is 16.5 Å². The molecule has 0 fully saturated rings. The van der Waals surface area contributed by atoms with Crippen LogP contribution in [0.3, 0.4) is 0 Å². The smallest absolute Gasteiger partial charge is 0.155 e. The maximum Gasteiger partial charge on any atom is 0.155 e. The molecule has 130 valence electrons. The molecular weight excluding hydrogens is 336 g/mol. The number of para-hydroxylation sites is 1. The molecule has 0 saturated carbocycles. The van der Waals surface area contributed by atoms with Crippen LogP contribution in [0.15, 0.2) is 77.1 Å². The minimum Gasteiger partial charge on any atom is -0.382 e. The van der Waals surface area contributed by atoms with Crippen LogP contribution < -0.4 is 5.73 Å². The van der Waals surface area contributed by atoms with Gasteiger partial charge in [0.15, 0.2) is 5.84 Å². The molecule has 1 heterocycles. The molecule has 6 heteroatoms. The van der Waals surface area contributed by atoms with Crippen LogP contribution >= 0.6 is 0 Å². The third-order valence-electron chi connectivity index (χ3n) is 4.65. The summed E-state index contributed by atoms with van der Waals surface area (Å²) in [6.45, 7) is 0.695. The fourth-order valence-electron chi connectivity index (χ4n) is 3.36. The average Bonchev–Trinajstić information content (AvgIpc) is 3.02. The fourth-order valence-corrected chi connectivity index (χ4v) is 3.36. The number of amidine groups is 1. The van der Waals surface area contributed by atoms with E-state index < -0.39 is 0 Å². The average molecular weight is 352 g/mol. The molecule has 0 atom stereocenters. The summed E-state index contributed by atoms with van der Waals surface area (Å²) >= 11 is 0. The van der Waals surface area contributed by atoms with Crippen molar-refractivity contribution in [2.75, 3.05) is 0 Å². The van der Waals surface area contributed by atoms with Crippen LogP contribution in [0.5, 0.6) is 0 Å². The predicted octanol–water partition coefficient (Wildman–Crippen LogP) is 4.37. The Morgan fingerprint density at radius 3 is 2.48 bits per heavy atom. The quantitative estimate of drug-likeness (QED) is 0.246. The summed E-state index contributed by atoms with van der Waals surface area (Å²) in [5.74, 6) is 0.218. The third kappa shape index (κ3) is 2.92. The van der Waals surface area contributed by atoms with Crippen molar-refractivity contribution in [1.29, 1.82) is 10.8 Å². The Morgan fingerprint density at radius 2 is 1.74 bits per heavy atom. The normalized spacial score (nSPS) is 11.6. The highest BCUT2D eigenvalue weighted by Gasteiger charge is 2.12. The second-order valence-electron chi connectivity index (χ2n) is 6.23. The Kier molecular flexibility index (Phi) is 4.11. The SMILES string of the molecule is N#Cc1ccc(Cn2c3ccccc3c3cc(C(N)=NN=N)ccc32)cc1. The lowest BCUT2D eigenvalue weighted by atomic mass is 10.1. The van der Waals surface area contributed by atoms with Crippen molar-refractivity contribution in [3.8, 4) is 6.07 Å². The first kappa shape index (κ1) is 16.5. The molecule has 3 aromatic carbocycles. The van der Waals surface area contributed by atoms with Gasteiger partial charge in [0, 0.05) is 33.9 Å². The van der Waals surface area contributed by atoms with Gasteiger partial charge >= 0.3 is 0 Å². The summed E-state index contributed by atoms with van der Waals surface area (Å²) in [5.41, 5.74) is 17.5. The summed E-state index contributed by atoms with van der Waals surface area (Å²) in [7, 11) is 0. The van der Waals surface area contributed by atoms with E-state index in [1.807, 2.05) is 54.6 Å². The number of nitrogens with zero attached hydrogens (tertiary/aromatic N) is 4. The van der Waals surface area contributed by atoms with Crippen molar-refractivity contribution in [3.63, 3.8) is 0 Å². The lowest BCUT2D eigenvalue weighted by molar-refractivity contribution is 0.869. The third-order valence-corrected chi connectivity index (χ3v) is 4.65. The first-order chi connectivity index (χ1) is 13.2. The minimum absolute atomic E-state index is 0.218. The van der Waals surface area contributed by atoms with Crippen molar-refractivity contribution >= 4 is 27.6 Å². The Balaban J connectivity index is 1.89. The van der Waals surface area contributed by atoms with Crippen LogP contribution in [-0.4, -0.2) is 10.4 Å². The molecule has 3 N–H and O–H groups in total. The fraction of sp³-hybridized carbons (Fsp3) is 0.0476. The van der Waals surface area contributed by atoms with Crippen LogP contribution in [0.1, 0.15) is 16.7 Å². The summed E-state index contributed by atoms with van der Waals surface area (Å²) < 4.78 is 2.25. The highest BCUT2D eigenvalue weighted by Crippen LogP contribution is 2.30. The Hall–Kier alpha value is -3.98. The molecule has 1 aromatic heterocycles. The topological polar surface area (TPSA) is 103 Å². The van der Waals surface area contributed by atoms with Crippen molar-refractivity contribution < 1.29 is 0 Å². The molecule has 0 radical (unpaired) electrons. The number of aromatic nitrogens is 1. The first-order valence-electron chi connectivity index (χ1n) is 8.41. The van der Waals surface area contributed by atoms with Gasteiger partial charge in [-0.05, 0) is 42.0 Å². The lowest BCUT2D eigenvalue weighted by Crippen LogP contribution is -2.12.